The van der Waals surface area contributed by atoms with Gasteiger partial charge in [-0.2, -0.15) is 0 Å². The molecular formula is C11H20ClNO. The van der Waals surface area contributed by atoms with Gasteiger partial charge in [0.2, 0.25) is 0 Å². The van der Waals surface area contributed by atoms with Crippen LogP contribution in [0.15, 0.2) is 11.6 Å². The number of nitrogens with zero attached hydrogens (tertiary/aromatic N) is 1. The molecule has 0 radical (unpaired) electrons. The molecule has 1 fully saturated rings. The van der Waals surface area contributed by atoms with Gasteiger partial charge in [-0.25, -0.2) is 0 Å². The summed E-state index contributed by atoms with van der Waals surface area (Å²) in [7, 11) is 0. The van der Waals surface area contributed by atoms with E-state index in [4.69, 9.17) is 11.6 Å². The molecule has 1 saturated heterocycles. The smallest absolute Gasteiger partial charge is 0.0527 e. The van der Waals surface area contributed by atoms with Crippen LogP contribution in [0.25, 0.3) is 0 Å². The highest BCUT2D eigenvalue weighted by molar-refractivity contribution is 6.25. The zero-order chi connectivity index (χ0) is 10.4. The van der Waals surface area contributed by atoms with Crippen LogP contribution in [0.2, 0.25) is 0 Å². The summed E-state index contributed by atoms with van der Waals surface area (Å²) in [6.07, 6.45) is 6.44. The summed E-state index contributed by atoms with van der Waals surface area (Å²) < 4.78 is 0. The second-order valence-electron chi connectivity index (χ2n) is 4.09. The van der Waals surface area contributed by atoms with E-state index in [-0.39, 0.29) is 6.10 Å². The normalized spacial score (nSPS) is 26.9. The number of rotatable bonds is 4. The summed E-state index contributed by atoms with van der Waals surface area (Å²) in [6, 6.07) is 0.539. The number of likely N-dealkylation sites (tertiary alicyclic amines) is 1. The van der Waals surface area contributed by atoms with Gasteiger partial charge in [-0.05, 0) is 32.7 Å². The molecule has 0 aromatic carbocycles. The lowest BCUT2D eigenvalue weighted by molar-refractivity contribution is 0.0952. The topological polar surface area (TPSA) is 23.5 Å². The first-order chi connectivity index (χ1) is 6.74. The molecule has 0 aromatic heterocycles. The van der Waals surface area contributed by atoms with Crippen molar-refractivity contribution in [3.63, 3.8) is 0 Å². The summed E-state index contributed by atoms with van der Waals surface area (Å²) in [5.41, 5.74) is 1.58. The van der Waals surface area contributed by atoms with Crippen molar-refractivity contribution in [2.45, 2.75) is 44.8 Å². The Bertz CT molecular complexity index is 182. The number of hydrogen-bond acceptors (Lipinski definition) is 2. The summed E-state index contributed by atoms with van der Waals surface area (Å²) in [6.45, 7) is 3.92. The van der Waals surface area contributed by atoms with Crippen molar-refractivity contribution in [3.05, 3.63) is 11.6 Å². The molecule has 3 heteroatoms. The minimum absolute atomic E-state index is 0.194. The van der Waals surface area contributed by atoms with E-state index in [2.05, 4.69) is 4.90 Å². The summed E-state index contributed by atoms with van der Waals surface area (Å²) in [4.78, 5) is 2.41. The third-order valence-corrected chi connectivity index (χ3v) is 2.97. The van der Waals surface area contributed by atoms with Gasteiger partial charge in [-0.1, -0.05) is 24.1 Å². The van der Waals surface area contributed by atoms with E-state index in [0.29, 0.717) is 6.04 Å². The fraction of sp³-hybridized carbons (Fsp3) is 0.818. The van der Waals surface area contributed by atoms with Gasteiger partial charge in [0, 0.05) is 18.1 Å². The fourth-order valence-electron chi connectivity index (χ4n) is 2.14. The number of aliphatic hydroxyl groups excluding tert-OH is 1. The van der Waals surface area contributed by atoms with E-state index in [1.807, 2.05) is 13.0 Å². The van der Waals surface area contributed by atoms with Gasteiger partial charge < -0.3 is 5.11 Å². The van der Waals surface area contributed by atoms with Crippen molar-refractivity contribution >= 4 is 11.6 Å². The SMILES string of the molecule is CC(O)CC1CCCCN1C/C=C/Cl. The summed E-state index contributed by atoms with van der Waals surface area (Å²) >= 11 is 5.52. The maximum absolute atomic E-state index is 9.38. The monoisotopic (exact) mass is 217 g/mol. The van der Waals surface area contributed by atoms with Crippen LogP contribution in [0.3, 0.4) is 0 Å². The van der Waals surface area contributed by atoms with Gasteiger partial charge in [0.1, 0.15) is 0 Å². The minimum Gasteiger partial charge on any atom is -0.393 e. The number of hydrogen-bond donors (Lipinski definition) is 1. The molecule has 0 saturated carbocycles. The van der Waals surface area contributed by atoms with Crippen molar-refractivity contribution in [1.29, 1.82) is 0 Å². The average Bonchev–Trinajstić information content (AvgIpc) is 2.16. The Morgan fingerprint density at radius 3 is 3.00 bits per heavy atom. The third-order valence-electron chi connectivity index (χ3n) is 2.79. The van der Waals surface area contributed by atoms with Crippen molar-refractivity contribution in [2.24, 2.45) is 0 Å². The fourth-order valence-corrected chi connectivity index (χ4v) is 2.22. The molecule has 0 spiro atoms. The molecule has 82 valence electrons. The molecule has 1 aliphatic heterocycles. The van der Waals surface area contributed by atoms with Crippen molar-refractivity contribution in [3.8, 4) is 0 Å². The second kappa shape index (κ2) is 6.44. The molecule has 1 N–H and O–H groups in total. The molecule has 2 atom stereocenters. The number of halogens is 1. The van der Waals surface area contributed by atoms with Crippen molar-refractivity contribution in [2.75, 3.05) is 13.1 Å². The van der Waals surface area contributed by atoms with Crippen LogP contribution < -0.4 is 0 Å². The van der Waals surface area contributed by atoms with Crippen LogP contribution >= 0.6 is 11.6 Å². The molecule has 2 unspecified atom stereocenters. The van der Waals surface area contributed by atoms with E-state index >= 15 is 0 Å². The minimum atomic E-state index is -0.194. The Labute approximate surface area is 91.6 Å². The van der Waals surface area contributed by atoms with E-state index in [1.54, 1.807) is 5.54 Å². The summed E-state index contributed by atoms with van der Waals surface area (Å²) in [5, 5.41) is 9.38. The van der Waals surface area contributed by atoms with Crippen molar-refractivity contribution in [1.82, 2.24) is 4.90 Å². The van der Waals surface area contributed by atoms with Gasteiger partial charge in [-0.15, -0.1) is 0 Å². The Morgan fingerprint density at radius 1 is 1.57 bits per heavy atom. The van der Waals surface area contributed by atoms with E-state index in [9.17, 15) is 5.11 Å². The molecule has 0 amide bonds. The van der Waals surface area contributed by atoms with Crippen LogP contribution in [0, 0.1) is 0 Å². The van der Waals surface area contributed by atoms with Gasteiger partial charge in [0.25, 0.3) is 0 Å². The molecule has 14 heavy (non-hydrogen) atoms. The van der Waals surface area contributed by atoms with Gasteiger partial charge in [0.15, 0.2) is 0 Å². The van der Waals surface area contributed by atoms with Gasteiger partial charge in [0.05, 0.1) is 6.10 Å². The van der Waals surface area contributed by atoms with Crippen LogP contribution in [-0.2, 0) is 0 Å². The zero-order valence-electron chi connectivity index (χ0n) is 8.82. The van der Waals surface area contributed by atoms with Gasteiger partial charge >= 0.3 is 0 Å². The molecule has 2 nitrogen and oxygen atoms in total. The largest absolute Gasteiger partial charge is 0.393 e. The lowest BCUT2D eigenvalue weighted by atomic mass is 9.97. The van der Waals surface area contributed by atoms with Crippen LogP contribution in [-0.4, -0.2) is 35.2 Å². The maximum atomic E-state index is 9.38. The predicted octanol–water partition coefficient (Wildman–Crippen LogP) is 2.36. The highest BCUT2D eigenvalue weighted by Gasteiger charge is 2.22. The second-order valence-corrected chi connectivity index (χ2v) is 4.34. The molecule has 1 aliphatic rings. The predicted molar refractivity (Wildman–Crippen MR) is 60.5 cm³/mol. The summed E-state index contributed by atoms with van der Waals surface area (Å²) in [5.74, 6) is 0. The van der Waals surface area contributed by atoms with E-state index in [0.717, 1.165) is 19.5 Å². The molecule has 0 aromatic rings. The first-order valence-corrected chi connectivity index (χ1v) is 5.85. The molecular weight excluding hydrogens is 198 g/mol. The van der Waals surface area contributed by atoms with Crippen LogP contribution in [0.1, 0.15) is 32.6 Å². The molecule has 1 heterocycles. The number of aliphatic hydroxyl groups is 1. The molecule has 1 rings (SSSR count). The maximum Gasteiger partial charge on any atom is 0.0527 e. The Morgan fingerprint density at radius 2 is 2.36 bits per heavy atom. The lowest BCUT2D eigenvalue weighted by Gasteiger charge is -2.35. The van der Waals surface area contributed by atoms with E-state index < -0.39 is 0 Å². The van der Waals surface area contributed by atoms with Crippen LogP contribution in [0.4, 0.5) is 0 Å². The van der Waals surface area contributed by atoms with E-state index in [1.165, 1.54) is 19.3 Å². The highest BCUT2D eigenvalue weighted by Crippen LogP contribution is 2.20. The Balaban J connectivity index is 2.41. The number of piperidine rings is 1. The molecule has 0 bridgehead atoms. The highest BCUT2D eigenvalue weighted by atomic mass is 35.5. The Hall–Kier alpha value is -0.0500. The van der Waals surface area contributed by atoms with Crippen molar-refractivity contribution < 1.29 is 5.11 Å². The average molecular weight is 218 g/mol. The first-order valence-electron chi connectivity index (χ1n) is 5.41. The van der Waals surface area contributed by atoms with Gasteiger partial charge in [-0.3, -0.25) is 4.90 Å². The quantitative estimate of drug-likeness (QED) is 0.782. The Kier molecular flexibility index (Phi) is 5.53. The lowest BCUT2D eigenvalue weighted by Crippen LogP contribution is -2.41. The third kappa shape index (κ3) is 3.99. The molecule has 0 aliphatic carbocycles. The standard InChI is InChI=1S/C11H20ClNO/c1-10(14)9-11-5-2-3-7-13(11)8-4-6-12/h4,6,10-11,14H,2-3,5,7-9H2,1H3/b6-4+. The first kappa shape index (κ1) is 12.0. The van der Waals surface area contributed by atoms with Crippen LogP contribution in [0.5, 0.6) is 0 Å². The zero-order valence-corrected chi connectivity index (χ0v) is 9.58.